The zero-order valence-corrected chi connectivity index (χ0v) is 12.9. The van der Waals surface area contributed by atoms with Crippen LogP contribution >= 0.6 is 0 Å². The Hall–Kier alpha value is -2.37. The van der Waals surface area contributed by atoms with Crippen LogP contribution in [0.15, 0.2) is 29.3 Å². The lowest BCUT2D eigenvalue weighted by Crippen LogP contribution is -2.22. The number of nitrogens with zero attached hydrogens (tertiary/aromatic N) is 3. The number of rotatable bonds is 3. The standard InChI is InChI=1S/C15H22N6/c1-10-6-5-7-11(8-10)18-14(16)17-9-12-19-13(21-20-12)15(2,3)4/h5-8H,9H2,1-4H3,(H3,16,17,18)(H,19,20,21). The Morgan fingerprint density at radius 1 is 1.38 bits per heavy atom. The molecule has 0 unspecified atom stereocenters. The maximum absolute atomic E-state index is 5.87. The van der Waals surface area contributed by atoms with Crippen molar-refractivity contribution < 1.29 is 0 Å². The summed E-state index contributed by atoms with van der Waals surface area (Å²) >= 11 is 0. The molecular formula is C15H22N6. The summed E-state index contributed by atoms with van der Waals surface area (Å²) in [6.45, 7) is 8.60. The largest absolute Gasteiger partial charge is 0.370 e. The molecule has 0 atom stereocenters. The number of aromatic amines is 1. The van der Waals surface area contributed by atoms with Crippen molar-refractivity contribution >= 4 is 11.6 Å². The van der Waals surface area contributed by atoms with Gasteiger partial charge >= 0.3 is 0 Å². The molecular weight excluding hydrogens is 264 g/mol. The first-order valence-electron chi connectivity index (χ1n) is 6.90. The normalized spacial score (nSPS) is 12.5. The molecule has 0 aliphatic rings. The Bertz CT molecular complexity index is 636. The molecule has 0 amide bonds. The molecule has 0 bridgehead atoms. The second-order valence-electron chi connectivity index (χ2n) is 6.05. The third-order valence-corrected chi connectivity index (χ3v) is 2.89. The number of nitrogens with one attached hydrogen (secondary N) is 2. The maximum Gasteiger partial charge on any atom is 0.193 e. The van der Waals surface area contributed by atoms with Crippen LogP contribution in [0.4, 0.5) is 5.69 Å². The number of guanidine groups is 1. The minimum atomic E-state index is -0.0795. The second-order valence-corrected chi connectivity index (χ2v) is 6.05. The average molecular weight is 286 g/mol. The molecule has 6 heteroatoms. The summed E-state index contributed by atoms with van der Waals surface area (Å²) in [5, 5.41) is 10.1. The van der Waals surface area contributed by atoms with Crippen LogP contribution in [0.1, 0.15) is 38.0 Å². The highest BCUT2D eigenvalue weighted by Crippen LogP contribution is 2.17. The summed E-state index contributed by atoms with van der Waals surface area (Å²) in [5.74, 6) is 1.83. The van der Waals surface area contributed by atoms with Crippen LogP contribution in [0.25, 0.3) is 0 Å². The van der Waals surface area contributed by atoms with E-state index >= 15 is 0 Å². The van der Waals surface area contributed by atoms with Crippen molar-refractivity contribution in [3.05, 3.63) is 41.5 Å². The molecule has 1 aromatic heterocycles. The molecule has 4 N–H and O–H groups in total. The van der Waals surface area contributed by atoms with Crippen molar-refractivity contribution in [2.24, 2.45) is 10.7 Å². The van der Waals surface area contributed by atoms with Crippen LogP contribution < -0.4 is 11.1 Å². The highest BCUT2D eigenvalue weighted by Gasteiger charge is 2.18. The number of anilines is 1. The van der Waals surface area contributed by atoms with Crippen LogP contribution in [0.2, 0.25) is 0 Å². The van der Waals surface area contributed by atoms with Gasteiger partial charge in [0.1, 0.15) is 12.4 Å². The van der Waals surface area contributed by atoms with E-state index in [0.29, 0.717) is 18.3 Å². The zero-order chi connectivity index (χ0) is 15.5. The topological polar surface area (TPSA) is 92.0 Å². The molecule has 0 aliphatic carbocycles. The molecule has 1 heterocycles. The van der Waals surface area contributed by atoms with E-state index in [4.69, 9.17) is 5.73 Å². The fourth-order valence-electron chi connectivity index (χ4n) is 1.77. The molecule has 1 aromatic carbocycles. The van der Waals surface area contributed by atoms with Gasteiger partial charge in [-0.25, -0.2) is 9.98 Å². The minimum Gasteiger partial charge on any atom is -0.370 e. The lowest BCUT2D eigenvalue weighted by Gasteiger charge is -2.11. The SMILES string of the molecule is Cc1cccc(NC(N)=NCc2nc(C(C)(C)C)n[nH]2)c1. The van der Waals surface area contributed by atoms with Gasteiger partial charge in [-0.1, -0.05) is 32.9 Å². The first kappa shape index (κ1) is 15.0. The quantitative estimate of drug-likeness (QED) is 0.596. The van der Waals surface area contributed by atoms with Gasteiger partial charge in [0, 0.05) is 11.1 Å². The third kappa shape index (κ3) is 4.30. The molecule has 0 saturated heterocycles. The van der Waals surface area contributed by atoms with Crippen molar-refractivity contribution in [1.82, 2.24) is 15.2 Å². The lowest BCUT2D eigenvalue weighted by atomic mass is 9.96. The van der Waals surface area contributed by atoms with E-state index in [1.165, 1.54) is 0 Å². The number of aryl methyl sites for hydroxylation is 1. The van der Waals surface area contributed by atoms with E-state index in [0.717, 1.165) is 17.1 Å². The van der Waals surface area contributed by atoms with Crippen LogP contribution in [-0.2, 0) is 12.0 Å². The second kappa shape index (κ2) is 5.95. The van der Waals surface area contributed by atoms with Crippen molar-refractivity contribution in [3.8, 4) is 0 Å². The zero-order valence-electron chi connectivity index (χ0n) is 12.9. The van der Waals surface area contributed by atoms with Crippen molar-refractivity contribution in [1.29, 1.82) is 0 Å². The van der Waals surface area contributed by atoms with Crippen molar-refractivity contribution in [2.45, 2.75) is 39.7 Å². The van der Waals surface area contributed by atoms with Crippen molar-refractivity contribution in [2.75, 3.05) is 5.32 Å². The van der Waals surface area contributed by atoms with Gasteiger partial charge in [-0.05, 0) is 24.6 Å². The molecule has 0 fully saturated rings. The molecule has 0 radical (unpaired) electrons. The molecule has 2 aromatic rings. The smallest absolute Gasteiger partial charge is 0.193 e. The Morgan fingerprint density at radius 2 is 2.14 bits per heavy atom. The third-order valence-electron chi connectivity index (χ3n) is 2.89. The van der Waals surface area contributed by atoms with Crippen LogP contribution in [0, 0.1) is 6.92 Å². The predicted molar refractivity (Wildman–Crippen MR) is 85.2 cm³/mol. The average Bonchev–Trinajstić information content (AvgIpc) is 2.85. The minimum absolute atomic E-state index is 0.0795. The first-order valence-corrected chi connectivity index (χ1v) is 6.90. The van der Waals surface area contributed by atoms with Gasteiger partial charge in [0.25, 0.3) is 0 Å². The monoisotopic (exact) mass is 286 g/mol. The highest BCUT2D eigenvalue weighted by molar-refractivity contribution is 5.92. The van der Waals surface area contributed by atoms with Gasteiger partial charge in [-0.3, -0.25) is 5.10 Å². The van der Waals surface area contributed by atoms with Crippen LogP contribution in [0.3, 0.4) is 0 Å². The van der Waals surface area contributed by atoms with E-state index in [1.807, 2.05) is 31.2 Å². The van der Waals surface area contributed by atoms with Gasteiger partial charge in [-0.15, -0.1) is 0 Å². The van der Waals surface area contributed by atoms with E-state index in [9.17, 15) is 0 Å². The fraction of sp³-hybridized carbons (Fsp3) is 0.400. The van der Waals surface area contributed by atoms with E-state index in [-0.39, 0.29) is 5.41 Å². The van der Waals surface area contributed by atoms with E-state index in [2.05, 4.69) is 46.3 Å². The Morgan fingerprint density at radius 3 is 2.76 bits per heavy atom. The molecule has 21 heavy (non-hydrogen) atoms. The lowest BCUT2D eigenvalue weighted by molar-refractivity contribution is 0.547. The predicted octanol–water partition coefficient (Wildman–Crippen LogP) is 2.34. The molecule has 0 saturated carbocycles. The summed E-state index contributed by atoms with van der Waals surface area (Å²) in [4.78, 5) is 8.68. The van der Waals surface area contributed by atoms with Crippen molar-refractivity contribution in [3.63, 3.8) is 0 Å². The summed E-state index contributed by atoms with van der Waals surface area (Å²) in [6.07, 6.45) is 0. The van der Waals surface area contributed by atoms with Gasteiger partial charge < -0.3 is 11.1 Å². The fourth-order valence-corrected chi connectivity index (χ4v) is 1.77. The molecule has 2 rings (SSSR count). The summed E-state index contributed by atoms with van der Waals surface area (Å²) in [7, 11) is 0. The van der Waals surface area contributed by atoms with Crippen LogP contribution in [0.5, 0.6) is 0 Å². The van der Waals surface area contributed by atoms with Gasteiger partial charge in [0.05, 0.1) is 0 Å². The highest BCUT2D eigenvalue weighted by atomic mass is 15.2. The molecule has 112 valence electrons. The Balaban J connectivity index is 1.99. The maximum atomic E-state index is 5.87. The summed E-state index contributed by atoms with van der Waals surface area (Å²) in [5.41, 5.74) is 7.88. The Kier molecular flexibility index (Phi) is 4.26. The first-order chi connectivity index (χ1) is 9.84. The van der Waals surface area contributed by atoms with Gasteiger partial charge in [0.2, 0.25) is 0 Å². The number of aromatic nitrogens is 3. The summed E-state index contributed by atoms with van der Waals surface area (Å²) < 4.78 is 0. The van der Waals surface area contributed by atoms with Gasteiger partial charge in [-0.2, -0.15) is 5.10 Å². The van der Waals surface area contributed by atoms with E-state index in [1.54, 1.807) is 0 Å². The van der Waals surface area contributed by atoms with Gasteiger partial charge in [0.15, 0.2) is 11.8 Å². The number of H-pyrrole nitrogens is 1. The van der Waals surface area contributed by atoms with Crippen LogP contribution in [-0.4, -0.2) is 21.1 Å². The number of hydrogen-bond donors (Lipinski definition) is 3. The number of hydrogen-bond acceptors (Lipinski definition) is 3. The number of nitrogens with two attached hydrogens (primary N) is 1. The molecule has 0 aliphatic heterocycles. The Labute approximate surface area is 124 Å². The summed E-state index contributed by atoms with van der Waals surface area (Å²) in [6, 6.07) is 7.95. The van der Waals surface area contributed by atoms with E-state index < -0.39 is 0 Å². The number of aliphatic imine (C=N–C) groups is 1. The number of benzene rings is 1. The molecule has 6 nitrogen and oxygen atoms in total. The molecule has 0 spiro atoms.